The Labute approximate surface area is 127 Å². The molecule has 1 aromatic carbocycles. The molecule has 0 radical (unpaired) electrons. The molecule has 2 aromatic rings. The summed E-state index contributed by atoms with van der Waals surface area (Å²) >= 11 is 3.15. The summed E-state index contributed by atoms with van der Waals surface area (Å²) in [5, 5.41) is 13.8. The molecule has 8 heteroatoms. The maximum Gasteiger partial charge on any atom is 0.274 e. The van der Waals surface area contributed by atoms with Gasteiger partial charge in [-0.3, -0.25) is 9.78 Å². The minimum atomic E-state index is -0.577. The van der Waals surface area contributed by atoms with Gasteiger partial charge in [-0.1, -0.05) is 11.2 Å². The number of halogens is 2. The van der Waals surface area contributed by atoms with E-state index in [0.29, 0.717) is 10.0 Å². The van der Waals surface area contributed by atoms with Gasteiger partial charge in [0.15, 0.2) is 5.84 Å². The van der Waals surface area contributed by atoms with Gasteiger partial charge < -0.3 is 16.3 Å². The van der Waals surface area contributed by atoms with Gasteiger partial charge in [0.2, 0.25) is 0 Å². The van der Waals surface area contributed by atoms with Crippen molar-refractivity contribution in [2.75, 3.05) is 5.32 Å². The number of oxime groups is 1. The Bertz CT molecular complexity index is 684. The van der Waals surface area contributed by atoms with E-state index in [1.165, 1.54) is 30.5 Å². The van der Waals surface area contributed by atoms with Crippen molar-refractivity contribution >= 4 is 33.4 Å². The fraction of sp³-hybridized carbons (Fsp3) is 0. The molecule has 1 heterocycles. The number of pyridine rings is 1. The second kappa shape index (κ2) is 6.31. The zero-order chi connectivity index (χ0) is 15.4. The fourth-order valence-corrected chi connectivity index (χ4v) is 1.97. The molecule has 21 heavy (non-hydrogen) atoms. The van der Waals surface area contributed by atoms with Gasteiger partial charge in [0.05, 0.1) is 5.69 Å². The highest BCUT2D eigenvalue weighted by atomic mass is 79.9. The third kappa shape index (κ3) is 3.34. The minimum Gasteiger partial charge on any atom is -0.409 e. The van der Waals surface area contributed by atoms with Gasteiger partial charge in [-0.15, -0.1) is 0 Å². The number of aromatic nitrogens is 1. The average Bonchev–Trinajstić information content (AvgIpc) is 2.50. The lowest BCUT2D eigenvalue weighted by Crippen LogP contribution is -2.17. The Hall–Kier alpha value is -2.48. The van der Waals surface area contributed by atoms with Crippen molar-refractivity contribution in [3.8, 4) is 0 Å². The van der Waals surface area contributed by atoms with Crippen LogP contribution < -0.4 is 11.1 Å². The van der Waals surface area contributed by atoms with Gasteiger partial charge in [0, 0.05) is 16.2 Å². The standard InChI is InChI=1S/C13H10BrFN4O2/c14-8-2-1-3-9(15)11(8)18-13(20)10-5-4-7(6-17-10)12(16)19-21/h1-6,21H,(H2,16,19)(H,18,20). The van der Waals surface area contributed by atoms with Gasteiger partial charge in [-0.25, -0.2) is 4.39 Å². The molecule has 0 bridgehead atoms. The smallest absolute Gasteiger partial charge is 0.274 e. The number of nitrogens with zero attached hydrogens (tertiary/aromatic N) is 2. The molecule has 0 saturated heterocycles. The molecule has 6 nitrogen and oxygen atoms in total. The normalized spacial score (nSPS) is 11.2. The maximum atomic E-state index is 13.6. The van der Waals surface area contributed by atoms with Gasteiger partial charge in [0.25, 0.3) is 5.91 Å². The number of hydrogen-bond donors (Lipinski definition) is 3. The SMILES string of the molecule is N/C(=N/O)c1ccc(C(=O)Nc2c(F)cccc2Br)nc1. The van der Waals surface area contributed by atoms with Crippen LogP contribution in [0.2, 0.25) is 0 Å². The lowest BCUT2D eigenvalue weighted by molar-refractivity contribution is 0.102. The number of nitrogens with one attached hydrogen (secondary N) is 1. The third-order valence-electron chi connectivity index (χ3n) is 2.60. The van der Waals surface area contributed by atoms with Crippen LogP contribution >= 0.6 is 15.9 Å². The molecular weight excluding hydrogens is 343 g/mol. The molecule has 108 valence electrons. The predicted octanol–water partition coefficient (Wildman–Crippen LogP) is 2.33. The molecule has 0 saturated carbocycles. The monoisotopic (exact) mass is 352 g/mol. The number of anilines is 1. The quantitative estimate of drug-likeness (QED) is 0.341. The third-order valence-corrected chi connectivity index (χ3v) is 3.26. The van der Waals surface area contributed by atoms with Crippen LogP contribution in [-0.2, 0) is 0 Å². The number of amidine groups is 1. The lowest BCUT2D eigenvalue weighted by atomic mass is 10.2. The summed E-state index contributed by atoms with van der Waals surface area (Å²) in [6.45, 7) is 0. The lowest BCUT2D eigenvalue weighted by Gasteiger charge is -2.08. The molecule has 0 atom stereocenters. The Morgan fingerprint density at radius 1 is 1.38 bits per heavy atom. The van der Waals surface area contributed by atoms with Gasteiger partial charge >= 0.3 is 0 Å². The summed E-state index contributed by atoms with van der Waals surface area (Å²) in [4.78, 5) is 15.9. The van der Waals surface area contributed by atoms with Gasteiger partial charge in [-0.2, -0.15) is 0 Å². The second-order valence-corrected chi connectivity index (χ2v) is 4.82. The number of carbonyl (C=O) groups is 1. The Balaban J connectivity index is 2.21. The first-order valence-corrected chi connectivity index (χ1v) is 6.51. The van der Waals surface area contributed by atoms with E-state index in [1.807, 2.05) is 0 Å². The summed E-state index contributed by atoms with van der Waals surface area (Å²) in [7, 11) is 0. The van der Waals surface area contributed by atoms with Crippen molar-refractivity contribution in [3.63, 3.8) is 0 Å². The first kappa shape index (κ1) is 14.9. The van der Waals surface area contributed by atoms with Gasteiger partial charge in [-0.05, 0) is 40.2 Å². The van der Waals surface area contributed by atoms with Crippen molar-refractivity contribution in [1.82, 2.24) is 4.98 Å². The number of para-hydroxylation sites is 1. The molecule has 0 unspecified atom stereocenters. The van der Waals surface area contributed by atoms with Crippen molar-refractivity contribution in [2.45, 2.75) is 0 Å². The molecule has 0 fully saturated rings. The van der Waals surface area contributed by atoms with E-state index in [9.17, 15) is 9.18 Å². The molecule has 1 amide bonds. The van der Waals surface area contributed by atoms with Gasteiger partial charge in [0.1, 0.15) is 11.5 Å². The van der Waals surface area contributed by atoms with E-state index in [0.717, 1.165) is 0 Å². The minimum absolute atomic E-state index is 0.0322. The number of carbonyl (C=O) groups excluding carboxylic acids is 1. The molecule has 4 N–H and O–H groups in total. The first-order chi connectivity index (χ1) is 10.0. The molecule has 0 aliphatic rings. The van der Waals surface area contributed by atoms with Crippen LogP contribution in [0.1, 0.15) is 16.1 Å². The number of rotatable bonds is 3. The van der Waals surface area contributed by atoms with Crippen LogP contribution in [0.25, 0.3) is 0 Å². The molecule has 2 rings (SSSR count). The van der Waals surface area contributed by atoms with E-state index < -0.39 is 11.7 Å². The Kier molecular flexibility index (Phi) is 4.49. The van der Waals surface area contributed by atoms with Crippen LogP contribution in [0.5, 0.6) is 0 Å². The van der Waals surface area contributed by atoms with E-state index in [4.69, 9.17) is 10.9 Å². The van der Waals surface area contributed by atoms with Crippen molar-refractivity contribution in [2.24, 2.45) is 10.9 Å². The second-order valence-electron chi connectivity index (χ2n) is 3.97. The number of hydrogen-bond acceptors (Lipinski definition) is 4. The summed E-state index contributed by atoms with van der Waals surface area (Å²) in [6.07, 6.45) is 1.28. The predicted molar refractivity (Wildman–Crippen MR) is 78.8 cm³/mol. The molecule has 1 aromatic heterocycles. The summed E-state index contributed by atoms with van der Waals surface area (Å²) < 4.78 is 14.0. The van der Waals surface area contributed by atoms with Crippen molar-refractivity contribution in [3.05, 3.63) is 58.1 Å². The number of benzene rings is 1. The van der Waals surface area contributed by atoms with E-state index >= 15 is 0 Å². The number of nitrogens with two attached hydrogens (primary N) is 1. The summed E-state index contributed by atoms with van der Waals surface area (Å²) in [5.74, 6) is -1.26. The van der Waals surface area contributed by atoms with Crippen LogP contribution in [0.3, 0.4) is 0 Å². The van der Waals surface area contributed by atoms with E-state index in [-0.39, 0.29) is 17.2 Å². The van der Waals surface area contributed by atoms with E-state index in [1.54, 1.807) is 6.07 Å². The zero-order valence-corrected chi connectivity index (χ0v) is 12.1. The Morgan fingerprint density at radius 2 is 2.14 bits per heavy atom. The largest absolute Gasteiger partial charge is 0.409 e. The van der Waals surface area contributed by atoms with Crippen LogP contribution in [0.4, 0.5) is 10.1 Å². The molecule has 0 aliphatic carbocycles. The average molecular weight is 353 g/mol. The molecular formula is C13H10BrFN4O2. The summed E-state index contributed by atoms with van der Waals surface area (Å²) in [5.41, 5.74) is 5.85. The highest BCUT2D eigenvalue weighted by Gasteiger charge is 2.13. The maximum absolute atomic E-state index is 13.6. The number of amides is 1. The highest BCUT2D eigenvalue weighted by Crippen LogP contribution is 2.25. The highest BCUT2D eigenvalue weighted by molar-refractivity contribution is 9.10. The van der Waals surface area contributed by atoms with Crippen LogP contribution in [0, 0.1) is 5.82 Å². The fourth-order valence-electron chi connectivity index (χ4n) is 1.53. The van der Waals surface area contributed by atoms with E-state index in [2.05, 4.69) is 31.4 Å². The van der Waals surface area contributed by atoms with Crippen LogP contribution in [-0.4, -0.2) is 21.9 Å². The van der Waals surface area contributed by atoms with Crippen molar-refractivity contribution < 1.29 is 14.4 Å². The summed E-state index contributed by atoms with van der Waals surface area (Å²) in [6, 6.07) is 7.20. The first-order valence-electron chi connectivity index (χ1n) is 5.72. The molecule has 0 spiro atoms. The zero-order valence-electron chi connectivity index (χ0n) is 10.5. The van der Waals surface area contributed by atoms with Crippen molar-refractivity contribution in [1.29, 1.82) is 0 Å². The van der Waals surface area contributed by atoms with Crippen LogP contribution in [0.15, 0.2) is 46.2 Å². The Morgan fingerprint density at radius 3 is 2.71 bits per heavy atom. The topological polar surface area (TPSA) is 101 Å². The molecule has 0 aliphatic heterocycles.